The van der Waals surface area contributed by atoms with Gasteiger partial charge in [-0.2, -0.15) is 0 Å². The van der Waals surface area contributed by atoms with Gasteiger partial charge in [0.15, 0.2) is 0 Å². The molecule has 0 saturated carbocycles. The van der Waals surface area contributed by atoms with Crippen LogP contribution in [0, 0.1) is 0 Å². The Morgan fingerprint density at radius 2 is 2.20 bits per heavy atom. The van der Waals surface area contributed by atoms with Gasteiger partial charge in [-0.3, -0.25) is 0 Å². The van der Waals surface area contributed by atoms with Crippen LogP contribution in [0.4, 0.5) is 0 Å². The molecule has 0 radical (unpaired) electrons. The Morgan fingerprint density at radius 3 is 2.80 bits per heavy atom. The van der Waals surface area contributed by atoms with Crippen LogP contribution in [0.3, 0.4) is 0 Å². The molecule has 82 valence electrons. The predicted octanol–water partition coefficient (Wildman–Crippen LogP) is 2.74. The van der Waals surface area contributed by atoms with E-state index in [0.717, 1.165) is 0 Å². The zero-order valence-electron chi connectivity index (χ0n) is 8.13. The van der Waals surface area contributed by atoms with Gasteiger partial charge in [-0.05, 0) is 18.2 Å². The van der Waals surface area contributed by atoms with Crippen molar-refractivity contribution in [1.29, 1.82) is 0 Å². The van der Waals surface area contributed by atoms with E-state index in [2.05, 4.69) is 4.74 Å². The molecule has 0 amide bonds. The van der Waals surface area contributed by atoms with Gasteiger partial charge in [-0.1, -0.05) is 11.6 Å². The molecule has 0 aliphatic carbocycles. The van der Waals surface area contributed by atoms with E-state index in [1.807, 2.05) is 0 Å². The second kappa shape index (κ2) is 5.83. The fourth-order valence-corrected chi connectivity index (χ4v) is 1.30. The molecule has 0 heterocycles. The first-order valence-electron chi connectivity index (χ1n) is 4.25. The van der Waals surface area contributed by atoms with Crippen LogP contribution in [-0.4, -0.2) is 25.6 Å². The first kappa shape index (κ1) is 12.1. The molecule has 0 unspecified atom stereocenters. The molecule has 1 rings (SSSR count). The molecule has 5 heteroatoms. The van der Waals surface area contributed by atoms with Crippen LogP contribution < -0.4 is 4.74 Å². The lowest BCUT2D eigenvalue weighted by Crippen LogP contribution is -2.07. The number of methoxy groups -OCH3 is 1. The molecule has 0 bridgehead atoms. The Balaban J connectivity index is 2.97. The third-order valence-electron chi connectivity index (χ3n) is 1.68. The Hall–Kier alpha value is -0.930. The predicted molar refractivity (Wildman–Crippen MR) is 59.0 cm³/mol. The molecule has 0 fully saturated rings. The van der Waals surface area contributed by atoms with Gasteiger partial charge in [0.1, 0.15) is 17.9 Å². The minimum absolute atomic E-state index is 0.301. The van der Waals surface area contributed by atoms with Crippen LogP contribution in [-0.2, 0) is 4.74 Å². The van der Waals surface area contributed by atoms with Crippen LogP contribution >= 0.6 is 23.2 Å². The van der Waals surface area contributed by atoms with Crippen molar-refractivity contribution in [2.24, 2.45) is 0 Å². The third-order valence-corrected chi connectivity index (χ3v) is 2.07. The maximum absolute atomic E-state index is 11.4. The summed E-state index contributed by atoms with van der Waals surface area (Å²) in [5.74, 6) is 0.289. The van der Waals surface area contributed by atoms with Crippen molar-refractivity contribution in [2.45, 2.75) is 0 Å². The van der Waals surface area contributed by atoms with Gasteiger partial charge < -0.3 is 9.47 Å². The van der Waals surface area contributed by atoms with Crippen molar-refractivity contribution in [3.05, 3.63) is 28.8 Å². The lowest BCUT2D eigenvalue weighted by molar-refractivity contribution is 0.0596. The second-order valence-electron chi connectivity index (χ2n) is 2.67. The SMILES string of the molecule is COC(=O)c1cc(Cl)ccc1OCCCl. The molecule has 0 saturated heterocycles. The highest BCUT2D eigenvalue weighted by Crippen LogP contribution is 2.23. The van der Waals surface area contributed by atoms with Gasteiger partial charge in [0.2, 0.25) is 0 Å². The summed E-state index contributed by atoms with van der Waals surface area (Å²) in [6.45, 7) is 0.327. The van der Waals surface area contributed by atoms with E-state index in [0.29, 0.717) is 28.8 Å². The molecule has 0 atom stereocenters. The van der Waals surface area contributed by atoms with Crippen LogP contribution in [0.25, 0.3) is 0 Å². The fraction of sp³-hybridized carbons (Fsp3) is 0.300. The average molecular weight is 249 g/mol. The van der Waals surface area contributed by atoms with Crippen molar-refractivity contribution in [2.75, 3.05) is 19.6 Å². The number of carbonyl (C=O) groups is 1. The smallest absolute Gasteiger partial charge is 0.341 e. The van der Waals surface area contributed by atoms with Crippen LogP contribution in [0.1, 0.15) is 10.4 Å². The van der Waals surface area contributed by atoms with E-state index >= 15 is 0 Å². The van der Waals surface area contributed by atoms with Gasteiger partial charge in [0, 0.05) is 5.02 Å². The summed E-state index contributed by atoms with van der Waals surface area (Å²) < 4.78 is 9.87. The third kappa shape index (κ3) is 3.29. The van der Waals surface area contributed by atoms with Crippen molar-refractivity contribution in [3.8, 4) is 5.75 Å². The van der Waals surface area contributed by atoms with Crippen molar-refractivity contribution >= 4 is 29.2 Å². The fourth-order valence-electron chi connectivity index (χ4n) is 1.05. The van der Waals surface area contributed by atoms with Gasteiger partial charge in [0.05, 0.1) is 13.0 Å². The first-order chi connectivity index (χ1) is 7.19. The zero-order chi connectivity index (χ0) is 11.3. The summed E-state index contributed by atoms with van der Waals surface area (Å²) >= 11 is 11.2. The molecule has 0 aliphatic heterocycles. The molecule has 1 aromatic rings. The molecular weight excluding hydrogens is 239 g/mol. The largest absolute Gasteiger partial charge is 0.491 e. The molecule has 15 heavy (non-hydrogen) atoms. The number of esters is 1. The summed E-state index contributed by atoms with van der Waals surface area (Å²) in [7, 11) is 1.30. The van der Waals surface area contributed by atoms with E-state index < -0.39 is 5.97 Å². The van der Waals surface area contributed by atoms with E-state index in [9.17, 15) is 4.79 Å². The standard InChI is InChI=1S/C10H10Cl2O3/c1-14-10(13)8-6-7(12)2-3-9(8)15-5-4-11/h2-3,6H,4-5H2,1H3. The number of hydrogen-bond donors (Lipinski definition) is 0. The summed E-state index contributed by atoms with van der Waals surface area (Å²) in [6.07, 6.45) is 0. The Kier molecular flexibility index (Phi) is 4.72. The van der Waals surface area contributed by atoms with Crippen LogP contribution in [0.5, 0.6) is 5.75 Å². The Labute approximate surface area is 97.9 Å². The molecule has 1 aromatic carbocycles. The minimum atomic E-state index is -0.484. The second-order valence-corrected chi connectivity index (χ2v) is 3.48. The lowest BCUT2D eigenvalue weighted by atomic mass is 10.2. The quantitative estimate of drug-likeness (QED) is 0.608. The van der Waals surface area contributed by atoms with Crippen molar-refractivity contribution in [3.63, 3.8) is 0 Å². The zero-order valence-corrected chi connectivity index (χ0v) is 9.64. The highest BCUT2D eigenvalue weighted by molar-refractivity contribution is 6.31. The highest BCUT2D eigenvalue weighted by Gasteiger charge is 2.13. The van der Waals surface area contributed by atoms with E-state index in [1.165, 1.54) is 13.2 Å². The number of halogens is 2. The average Bonchev–Trinajstić information content (AvgIpc) is 2.26. The number of rotatable bonds is 4. The molecule has 0 spiro atoms. The number of hydrogen-bond acceptors (Lipinski definition) is 3. The first-order valence-corrected chi connectivity index (χ1v) is 5.17. The van der Waals surface area contributed by atoms with E-state index in [4.69, 9.17) is 27.9 Å². The van der Waals surface area contributed by atoms with E-state index in [1.54, 1.807) is 12.1 Å². The van der Waals surface area contributed by atoms with Crippen LogP contribution in [0.2, 0.25) is 5.02 Å². The highest BCUT2D eigenvalue weighted by atomic mass is 35.5. The molecule has 0 aromatic heterocycles. The maximum atomic E-state index is 11.4. The molecule has 0 N–H and O–H groups in total. The van der Waals surface area contributed by atoms with E-state index in [-0.39, 0.29) is 0 Å². The number of alkyl halides is 1. The number of benzene rings is 1. The van der Waals surface area contributed by atoms with Gasteiger partial charge in [0.25, 0.3) is 0 Å². The monoisotopic (exact) mass is 248 g/mol. The van der Waals surface area contributed by atoms with Crippen LogP contribution in [0.15, 0.2) is 18.2 Å². The topological polar surface area (TPSA) is 35.5 Å². The summed E-state index contributed by atoms with van der Waals surface area (Å²) in [5.41, 5.74) is 0.301. The van der Waals surface area contributed by atoms with Gasteiger partial charge in [-0.15, -0.1) is 11.6 Å². The van der Waals surface area contributed by atoms with Crippen molar-refractivity contribution < 1.29 is 14.3 Å². The lowest BCUT2D eigenvalue weighted by Gasteiger charge is -2.09. The molecular formula is C10H10Cl2O3. The Morgan fingerprint density at radius 1 is 1.47 bits per heavy atom. The minimum Gasteiger partial charge on any atom is -0.491 e. The maximum Gasteiger partial charge on any atom is 0.341 e. The van der Waals surface area contributed by atoms with Gasteiger partial charge in [-0.25, -0.2) is 4.79 Å². The normalized spacial score (nSPS) is 9.80. The molecule has 0 aliphatic rings. The van der Waals surface area contributed by atoms with Gasteiger partial charge >= 0.3 is 5.97 Å². The van der Waals surface area contributed by atoms with Crippen molar-refractivity contribution in [1.82, 2.24) is 0 Å². The Bertz CT molecular complexity index is 353. The summed E-state index contributed by atoms with van der Waals surface area (Å²) in [4.78, 5) is 11.4. The summed E-state index contributed by atoms with van der Waals surface area (Å²) in [6, 6.07) is 4.75. The summed E-state index contributed by atoms with van der Waals surface area (Å²) in [5, 5.41) is 0.452. The molecule has 3 nitrogen and oxygen atoms in total. The number of carbonyl (C=O) groups excluding carboxylic acids is 1. The number of ether oxygens (including phenoxy) is 2.